The summed E-state index contributed by atoms with van der Waals surface area (Å²) in [6.07, 6.45) is 1.10. The topological polar surface area (TPSA) is 83.4 Å². The molecule has 132 valence electrons. The molecule has 1 atom stereocenters. The van der Waals surface area contributed by atoms with Gasteiger partial charge in [0.05, 0.1) is 27.9 Å². The van der Waals surface area contributed by atoms with Gasteiger partial charge in [-0.05, 0) is 39.7 Å². The van der Waals surface area contributed by atoms with Crippen LogP contribution in [0, 0.1) is 25.1 Å². The van der Waals surface area contributed by atoms with Crippen LogP contribution in [0.3, 0.4) is 0 Å². The van der Waals surface area contributed by atoms with E-state index in [0.717, 1.165) is 6.07 Å². The highest BCUT2D eigenvalue weighted by atomic mass is 19.1. The average Bonchev–Trinajstić information content (AvgIpc) is 2.55. The first kappa shape index (κ1) is 17.3. The molecule has 0 aliphatic carbocycles. The number of aliphatic carboxylic acids is 1. The summed E-state index contributed by atoms with van der Waals surface area (Å²) in [4.78, 5) is 34.7. The van der Waals surface area contributed by atoms with Crippen LogP contribution in [-0.2, 0) is 4.79 Å². The molecule has 0 radical (unpaired) electrons. The maximum Gasteiger partial charge on any atom is 0.311 e. The average molecular weight is 345 g/mol. The largest absolute Gasteiger partial charge is 0.481 e. The van der Waals surface area contributed by atoms with E-state index in [1.165, 1.54) is 11.0 Å². The van der Waals surface area contributed by atoms with Gasteiger partial charge in [0.15, 0.2) is 0 Å². The lowest BCUT2D eigenvalue weighted by Gasteiger charge is -2.37. The molecule has 2 aromatic rings. The molecule has 1 amide bonds. The van der Waals surface area contributed by atoms with Crippen molar-refractivity contribution in [2.45, 2.75) is 33.6 Å². The minimum atomic E-state index is -0.991. The lowest BCUT2D eigenvalue weighted by atomic mass is 9.82. The van der Waals surface area contributed by atoms with Crippen LogP contribution in [0.5, 0.6) is 0 Å². The first-order valence-electron chi connectivity index (χ1n) is 8.18. The number of halogens is 1. The molecule has 1 N–H and O–H groups in total. The lowest BCUT2D eigenvalue weighted by Crippen LogP contribution is -2.48. The molecule has 1 aromatic heterocycles. The fourth-order valence-corrected chi connectivity index (χ4v) is 3.22. The second-order valence-corrected chi connectivity index (χ2v) is 6.91. The minimum Gasteiger partial charge on any atom is -0.481 e. The van der Waals surface area contributed by atoms with Gasteiger partial charge in [0.2, 0.25) is 0 Å². The van der Waals surface area contributed by atoms with E-state index in [1.807, 2.05) is 0 Å². The molecule has 2 heterocycles. The van der Waals surface area contributed by atoms with E-state index in [2.05, 4.69) is 9.97 Å². The van der Waals surface area contributed by atoms with E-state index >= 15 is 0 Å². The molecule has 1 aromatic carbocycles. The van der Waals surface area contributed by atoms with Gasteiger partial charge in [-0.3, -0.25) is 9.59 Å². The van der Waals surface area contributed by atoms with Gasteiger partial charge in [0, 0.05) is 19.2 Å². The van der Waals surface area contributed by atoms with Gasteiger partial charge in [-0.15, -0.1) is 0 Å². The molecule has 0 bridgehead atoms. The van der Waals surface area contributed by atoms with E-state index in [-0.39, 0.29) is 12.1 Å². The van der Waals surface area contributed by atoms with Crippen molar-refractivity contribution < 1.29 is 19.1 Å². The third-order valence-electron chi connectivity index (χ3n) is 4.88. The zero-order chi connectivity index (χ0) is 18.4. The molecule has 3 rings (SSSR count). The standard InChI is InChI=1S/C18H20FN3O3/c1-10-11(2)21-15-13(7-12(19)8-14(15)20-10)16(23)22-6-4-5-18(3,9-22)17(24)25/h7-8H,4-6,9H2,1-3H3,(H,24,25). The summed E-state index contributed by atoms with van der Waals surface area (Å²) >= 11 is 0. The van der Waals surface area contributed by atoms with Crippen LogP contribution in [0.4, 0.5) is 4.39 Å². The molecule has 25 heavy (non-hydrogen) atoms. The van der Waals surface area contributed by atoms with Crippen LogP contribution in [0.2, 0.25) is 0 Å². The SMILES string of the molecule is Cc1nc2cc(F)cc(C(=O)N3CCCC(C)(C(=O)O)C3)c2nc1C. The predicted octanol–water partition coefficient (Wildman–Crippen LogP) is 2.71. The lowest BCUT2D eigenvalue weighted by molar-refractivity contribution is -0.150. The van der Waals surface area contributed by atoms with Crippen LogP contribution in [0.1, 0.15) is 41.5 Å². The van der Waals surface area contributed by atoms with E-state index in [9.17, 15) is 19.1 Å². The Labute approximate surface area is 144 Å². The summed E-state index contributed by atoms with van der Waals surface area (Å²) < 4.78 is 14.0. The minimum absolute atomic E-state index is 0.0947. The monoisotopic (exact) mass is 345 g/mol. The van der Waals surface area contributed by atoms with Crippen LogP contribution < -0.4 is 0 Å². The van der Waals surface area contributed by atoms with Crippen LogP contribution in [0.15, 0.2) is 12.1 Å². The molecule has 0 spiro atoms. The van der Waals surface area contributed by atoms with Crippen molar-refractivity contribution in [3.8, 4) is 0 Å². The molecule has 1 aliphatic rings. The van der Waals surface area contributed by atoms with Gasteiger partial charge in [0.25, 0.3) is 5.91 Å². The van der Waals surface area contributed by atoms with Crippen molar-refractivity contribution >= 4 is 22.9 Å². The summed E-state index contributed by atoms with van der Waals surface area (Å²) in [5, 5.41) is 9.43. The third-order valence-corrected chi connectivity index (χ3v) is 4.88. The molecule has 1 fully saturated rings. The first-order chi connectivity index (χ1) is 11.7. The van der Waals surface area contributed by atoms with E-state index in [0.29, 0.717) is 41.8 Å². The Hall–Kier alpha value is -2.57. The Balaban J connectivity index is 2.05. The number of rotatable bonds is 2. The maximum absolute atomic E-state index is 14.0. The number of fused-ring (bicyclic) bond motifs is 1. The molecule has 6 nitrogen and oxygen atoms in total. The fraction of sp³-hybridized carbons (Fsp3) is 0.444. The van der Waals surface area contributed by atoms with E-state index < -0.39 is 23.1 Å². The highest BCUT2D eigenvalue weighted by Crippen LogP contribution is 2.31. The first-order valence-corrected chi connectivity index (χ1v) is 8.18. The maximum atomic E-state index is 14.0. The Morgan fingerprint density at radius 3 is 2.60 bits per heavy atom. The van der Waals surface area contributed by atoms with Gasteiger partial charge in [-0.1, -0.05) is 0 Å². The number of hydrogen-bond acceptors (Lipinski definition) is 4. The van der Waals surface area contributed by atoms with Crippen LogP contribution >= 0.6 is 0 Å². The fourth-order valence-electron chi connectivity index (χ4n) is 3.22. The molecular formula is C18H20FN3O3. The second kappa shape index (κ2) is 6.06. The summed E-state index contributed by atoms with van der Waals surface area (Å²) in [5.74, 6) is -1.90. The van der Waals surface area contributed by atoms with Crippen LogP contribution in [0.25, 0.3) is 11.0 Å². The predicted molar refractivity (Wildman–Crippen MR) is 89.9 cm³/mol. The number of likely N-dealkylation sites (tertiary alicyclic amines) is 1. The summed E-state index contributed by atoms with van der Waals surface area (Å²) in [7, 11) is 0. The Kier molecular flexibility index (Phi) is 4.18. The Morgan fingerprint density at radius 2 is 1.92 bits per heavy atom. The molecule has 1 aliphatic heterocycles. The van der Waals surface area contributed by atoms with Gasteiger partial charge >= 0.3 is 5.97 Å². The van der Waals surface area contributed by atoms with Gasteiger partial charge in [-0.2, -0.15) is 0 Å². The number of carbonyl (C=O) groups excluding carboxylic acids is 1. The number of piperidine rings is 1. The van der Waals surface area contributed by atoms with Crippen molar-refractivity contribution in [2.75, 3.05) is 13.1 Å². The number of hydrogen-bond donors (Lipinski definition) is 1. The highest BCUT2D eigenvalue weighted by Gasteiger charge is 2.40. The number of amides is 1. The van der Waals surface area contributed by atoms with Crippen molar-refractivity contribution in [3.05, 3.63) is 34.9 Å². The number of nitrogens with zero attached hydrogens (tertiary/aromatic N) is 3. The second-order valence-electron chi connectivity index (χ2n) is 6.91. The number of aryl methyl sites for hydroxylation is 2. The van der Waals surface area contributed by atoms with Gasteiger partial charge in [0.1, 0.15) is 11.3 Å². The number of carboxylic acid groups (broad SMARTS) is 1. The normalized spacial score (nSPS) is 20.7. The molecule has 1 unspecified atom stereocenters. The zero-order valence-corrected chi connectivity index (χ0v) is 14.5. The highest BCUT2D eigenvalue weighted by molar-refractivity contribution is 6.05. The third kappa shape index (κ3) is 3.06. The molecule has 0 saturated carbocycles. The van der Waals surface area contributed by atoms with Crippen molar-refractivity contribution in [1.82, 2.24) is 14.9 Å². The van der Waals surface area contributed by atoms with Crippen molar-refractivity contribution in [3.63, 3.8) is 0 Å². The molecule has 1 saturated heterocycles. The number of carbonyl (C=O) groups is 2. The molecule has 7 heteroatoms. The quantitative estimate of drug-likeness (QED) is 0.905. The van der Waals surface area contributed by atoms with Crippen molar-refractivity contribution in [1.29, 1.82) is 0 Å². The Morgan fingerprint density at radius 1 is 1.24 bits per heavy atom. The van der Waals surface area contributed by atoms with Gasteiger partial charge < -0.3 is 10.0 Å². The summed E-state index contributed by atoms with van der Waals surface area (Å²) in [6.45, 7) is 5.72. The van der Waals surface area contributed by atoms with Crippen LogP contribution in [-0.4, -0.2) is 44.9 Å². The summed E-state index contributed by atoms with van der Waals surface area (Å²) in [6, 6.07) is 2.41. The van der Waals surface area contributed by atoms with Crippen molar-refractivity contribution in [2.24, 2.45) is 5.41 Å². The van der Waals surface area contributed by atoms with E-state index in [4.69, 9.17) is 0 Å². The number of benzene rings is 1. The zero-order valence-electron chi connectivity index (χ0n) is 14.5. The van der Waals surface area contributed by atoms with E-state index in [1.54, 1.807) is 20.8 Å². The number of carboxylic acids is 1. The molecular weight excluding hydrogens is 325 g/mol. The Bertz CT molecular complexity index is 883. The smallest absolute Gasteiger partial charge is 0.311 e. The number of aromatic nitrogens is 2. The van der Waals surface area contributed by atoms with Gasteiger partial charge in [-0.25, -0.2) is 14.4 Å². The summed E-state index contributed by atoms with van der Waals surface area (Å²) in [5.41, 5.74) is 1.15.